The van der Waals surface area contributed by atoms with Crippen molar-refractivity contribution in [1.29, 1.82) is 0 Å². The van der Waals surface area contributed by atoms with Crippen LogP contribution in [-0.4, -0.2) is 26.8 Å². The van der Waals surface area contributed by atoms with Crippen molar-refractivity contribution in [2.75, 3.05) is 20.8 Å². The van der Waals surface area contributed by atoms with Crippen LogP contribution in [0.5, 0.6) is 11.5 Å². The summed E-state index contributed by atoms with van der Waals surface area (Å²) in [4.78, 5) is 0. The van der Waals surface area contributed by atoms with E-state index in [1.54, 1.807) is 14.2 Å². The smallest absolute Gasteiger partial charge is 0.140 e. The molecule has 1 N–H and O–H groups in total. The number of ether oxygens (including phenoxy) is 2. The second-order valence-corrected chi connectivity index (χ2v) is 6.07. The van der Waals surface area contributed by atoms with Crippen molar-refractivity contribution in [1.82, 2.24) is 5.32 Å². The number of nitrogens with one attached hydrogen (secondary N) is 1. The van der Waals surface area contributed by atoms with Gasteiger partial charge < -0.3 is 14.8 Å². The van der Waals surface area contributed by atoms with Crippen molar-refractivity contribution >= 4 is 15.9 Å². The zero-order chi connectivity index (χ0) is 14.5. The summed E-state index contributed by atoms with van der Waals surface area (Å²) in [6.45, 7) is 3.28. The third-order valence-corrected chi connectivity index (χ3v) is 4.72. The first-order chi connectivity index (χ1) is 9.71. The number of hydrogen-bond donors (Lipinski definition) is 1. The third kappa shape index (κ3) is 3.29. The average Bonchev–Trinajstić information content (AvgIpc) is 2.48. The Morgan fingerprint density at radius 1 is 1.20 bits per heavy atom. The molecule has 0 radical (unpaired) electrons. The molecule has 20 heavy (non-hydrogen) atoms. The Bertz CT molecular complexity index is 456. The lowest BCUT2D eigenvalue weighted by molar-refractivity contribution is 0.370. The summed E-state index contributed by atoms with van der Waals surface area (Å²) in [7, 11) is 3.43. The molecular formula is C16H24BrNO2. The normalized spacial score (nSPS) is 18.9. The molecular weight excluding hydrogens is 318 g/mol. The van der Waals surface area contributed by atoms with Crippen LogP contribution in [0.3, 0.4) is 0 Å². The van der Waals surface area contributed by atoms with Crippen LogP contribution in [0.15, 0.2) is 10.5 Å². The van der Waals surface area contributed by atoms with E-state index in [1.807, 2.05) is 0 Å². The van der Waals surface area contributed by atoms with Gasteiger partial charge >= 0.3 is 0 Å². The highest BCUT2D eigenvalue weighted by Gasteiger charge is 2.20. The number of hydrogen-bond acceptors (Lipinski definition) is 3. The predicted molar refractivity (Wildman–Crippen MR) is 86.0 cm³/mol. The molecule has 0 aromatic heterocycles. The van der Waals surface area contributed by atoms with E-state index in [0.717, 1.165) is 35.4 Å². The molecule has 3 nitrogen and oxygen atoms in total. The van der Waals surface area contributed by atoms with Gasteiger partial charge in [0.25, 0.3) is 0 Å². The Balaban J connectivity index is 2.32. The maximum atomic E-state index is 5.60. The maximum Gasteiger partial charge on any atom is 0.140 e. The molecule has 1 aromatic rings. The third-order valence-electron chi connectivity index (χ3n) is 4.00. The van der Waals surface area contributed by atoms with Crippen molar-refractivity contribution in [2.24, 2.45) is 0 Å². The molecule has 1 fully saturated rings. The highest BCUT2D eigenvalue weighted by molar-refractivity contribution is 9.10. The standard InChI is InChI=1S/C16H24BrNO2/c1-4-11-9-12(10-13-7-5-6-8-18-13)16(20-3)14(17)15(11)19-2/h9,13,18H,4-8,10H2,1-3H3. The van der Waals surface area contributed by atoms with E-state index in [9.17, 15) is 0 Å². The minimum Gasteiger partial charge on any atom is -0.495 e. The van der Waals surface area contributed by atoms with Crippen molar-refractivity contribution in [2.45, 2.75) is 45.1 Å². The fourth-order valence-electron chi connectivity index (χ4n) is 2.95. The predicted octanol–water partition coefficient (Wildman–Crippen LogP) is 3.71. The number of benzene rings is 1. The second-order valence-electron chi connectivity index (χ2n) is 5.28. The van der Waals surface area contributed by atoms with Gasteiger partial charge in [-0.15, -0.1) is 0 Å². The van der Waals surface area contributed by atoms with Gasteiger partial charge in [-0.25, -0.2) is 0 Å². The van der Waals surface area contributed by atoms with E-state index in [-0.39, 0.29) is 0 Å². The summed E-state index contributed by atoms with van der Waals surface area (Å²) in [6.07, 6.45) is 5.82. The fourth-order valence-corrected chi connectivity index (χ4v) is 3.78. The zero-order valence-electron chi connectivity index (χ0n) is 12.6. The Labute approximate surface area is 130 Å². The molecule has 0 saturated carbocycles. The molecule has 0 aliphatic carbocycles. The number of piperidine rings is 1. The molecule has 0 spiro atoms. The Morgan fingerprint density at radius 3 is 2.45 bits per heavy atom. The van der Waals surface area contributed by atoms with Crippen LogP contribution in [0.1, 0.15) is 37.3 Å². The molecule has 1 atom stereocenters. The molecule has 1 aromatic carbocycles. The van der Waals surface area contributed by atoms with E-state index in [2.05, 4.69) is 34.2 Å². The van der Waals surface area contributed by atoms with Gasteiger partial charge in [0.05, 0.1) is 14.2 Å². The summed E-state index contributed by atoms with van der Waals surface area (Å²) in [5.74, 6) is 1.80. The van der Waals surface area contributed by atoms with Crippen molar-refractivity contribution in [3.05, 3.63) is 21.7 Å². The van der Waals surface area contributed by atoms with E-state index < -0.39 is 0 Å². The van der Waals surface area contributed by atoms with Gasteiger partial charge in [0.15, 0.2) is 0 Å². The Morgan fingerprint density at radius 2 is 1.90 bits per heavy atom. The largest absolute Gasteiger partial charge is 0.495 e. The van der Waals surface area contributed by atoms with Gasteiger partial charge in [0, 0.05) is 6.04 Å². The number of halogens is 1. The van der Waals surface area contributed by atoms with Crippen molar-refractivity contribution in [3.8, 4) is 11.5 Å². The number of aryl methyl sites for hydroxylation is 1. The van der Waals surface area contributed by atoms with Crippen molar-refractivity contribution < 1.29 is 9.47 Å². The van der Waals surface area contributed by atoms with Gasteiger partial charge in [-0.3, -0.25) is 0 Å². The van der Waals surface area contributed by atoms with Gasteiger partial charge in [-0.05, 0) is 65.4 Å². The monoisotopic (exact) mass is 341 g/mol. The zero-order valence-corrected chi connectivity index (χ0v) is 14.2. The molecule has 1 aliphatic rings. The molecule has 1 saturated heterocycles. The first-order valence-electron chi connectivity index (χ1n) is 7.36. The van der Waals surface area contributed by atoms with E-state index in [4.69, 9.17) is 9.47 Å². The number of methoxy groups -OCH3 is 2. The SMILES string of the molecule is CCc1cc(CC2CCCCN2)c(OC)c(Br)c1OC. The van der Waals surface area contributed by atoms with Crippen LogP contribution in [-0.2, 0) is 12.8 Å². The van der Waals surface area contributed by atoms with Gasteiger partial charge in [0.2, 0.25) is 0 Å². The quantitative estimate of drug-likeness (QED) is 0.885. The topological polar surface area (TPSA) is 30.5 Å². The van der Waals surface area contributed by atoms with Crippen LogP contribution in [0.25, 0.3) is 0 Å². The fraction of sp³-hybridized carbons (Fsp3) is 0.625. The molecule has 1 unspecified atom stereocenters. The lowest BCUT2D eigenvalue weighted by atomic mass is 9.95. The van der Waals surface area contributed by atoms with Crippen LogP contribution >= 0.6 is 15.9 Å². The molecule has 112 valence electrons. The minimum atomic E-state index is 0.558. The summed E-state index contributed by atoms with van der Waals surface area (Å²) in [6, 6.07) is 2.79. The Kier molecular flexibility index (Phi) is 5.73. The average molecular weight is 342 g/mol. The molecule has 0 amide bonds. The van der Waals surface area contributed by atoms with E-state index >= 15 is 0 Å². The van der Waals surface area contributed by atoms with Crippen molar-refractivity contribution in [3.63, 3.8) is 0 Å². The van der Waals surface area contributed by atoms with E-state index in [1.165, 1.54) is 30.4 Å². The van der Waals surface area contributed by atoms with Crippen LogP contribution in [0, 0.1) is 0 Å². The first-order valence-corrected chi connectivity index (χ1v) is 8.16. The van der Waals surface area contributed by atoms with Gasteiger partial charge in [-0.1, -0.05) is 13.3 Å². The summed E-state index contributed by atoms with van der Waals surface area (Å²) in [5.41, 5.74) is 2.49. The van der Waals surface area contributed by atoms with Crippen LogP contribution in [0.4, 0.5) is 0 Å². The first kappa shape index (κ1) is 15.6. The Hall–Kier alpha value is -0.740. The van der Waals surface area contributed by atoms with Gasteiger partial charge in [-0.2, -0.15) is 0 Å². The van der Waals surface area contributed by atoms with Gasteiger partial charge in [0.1, 0.15) is 16.0 Å². The number of rotatable bonds is 5. The van der Waals surface area contributed by atoms with Crippen LogP contribution < -0.4 is 14.8 Å². The molecule has 0 bridgehead atoms. The minimum absolute atomic E-state index is 0.558. The van der Waals surface area contributed by atoms with E-state index in [0.29, 0.717) is 6.04 Å². The molecule has 1 aliphatic heterocycles. The molecule has 4 heteroatoms. The summed E-state index contributed by atoms with van der Waals surface area (Å²) < 4.78 is 12.1. The maximum absolute atomic E-state index is 5.60. The summed E-state index contributed by atoms with van der Waals surface area (Å²) >= 11 is 3.64. The summed E-state index contributed by atoms with van der Waals surface area (Å²) in [5, 5.41) is 3.60. The highest BCUT2D eigenvalue weighted by Crippen LogP contribution is 2.41. The highest BCUT2D eigenvalue weighted by atomic mass is 79.9. The molecule has 2 rings (SSSR count). The lowest BCUT2D eigenvalue weighted by Crippen LogP contribution is -2.35. The lowest BCUT2D eigenvalue weighted by Gasteiger charge is -2.25. The second kappa shape index (κ2) is 7.32. The van der Waals surface area contributed by atoms with Crippen LogP contribution in [0.2, 0.25) is 0 Å². The molecule has 1 heterocycles.